The van der Waals surface area contributed by atoms with E-state index >= 15 is 0 Å². The van der Waals surface area contributed by atoms with Gasteiger partial charge < -0.3 is 5.11 Å². The lowest BCUT2D eigenvalue weighted by molar-refractivity contribution is -0.141. The zero-order valence-corrected chi connectivity index (χ0v) is 12.6. The van der Waals surface area contributed by atoms with E-state index < -0.39 is 5.97 Å². The van der Waals surface area contributed by atoms with Crippen LogP contribution >= 0.6 is 0 Å². The third kappa shape index (κ3) is 10.6. The van der Waals surface area contributed by atoms with Crippen LogP contribution in [0.4, 0.5) is 0 Å². The summed E-state index contributed by atoms with van der Waals surface area (Å²) in [6.07, 6.45) is 12.5. The van der Waals surface area contributed by atoms with Crippen molar-refractivity contribution < 1.29 is 9.90 Å². The molecule has 18 heavy (non-hydrogen) atoms. The molecule has 0 bridgehead atoms. The van der Waals surface area contributed by atoms with Crippen LogP contribution < -0.4 is 0 Å². The Hall–Kier alpha value is -0.530. The van der Waals surface area contributed by atoms with Gasteiger partial charge in [-0.25, -0.2) is 0 Å². The second-order valence-electron chi connectivity index (χ2n) is 5.83. The van der Waals surface area contributed by atoms with Crippen molar-refractivity contribution in [1.29, 1.82) is 0 Å². The quantitative estimate of drug-likeness (QED) is 0.483. The van der Waals surface area contributed by atoms with Gasteiger partial charge in [0.05, 0.1) is 5.92 Å². The first-order chi connectivity index (χ1) is 8.57. The van der Waals surface area contributed by atoms with Gasteiger partial charge in [-0.05, 0) is 12.3 Å². The average Bonchev–Trinajstić information content (AvgIpc) is 2.33. The van der Waals surface area contributed by atoms with Crippen LogP contribution in [0.3, 0.4) is 0 Å². The highest BCUT2D eigenvalue weighted by atomic mass is 16.4. The van der Waals surface area contributed by atoms with E-state index in [-0.39, 0.29) is 5.92 Å². The number of rotatable bonds is 12. The van der Waals surface area contributed by atoms with Crippen LogP contribution in [0.5, 0.6) is 0 Å². The van der Waals surface area contributed by atoms with E-state index in [1.807, 2.05) is 0 Å². The lowest BCUT2D eigenvalue weighted by atomic mass is 9.96. The summed E-state index contributed by atoms with van der Waals surface area (Å²) in [6, 6.07) is 0. The molecule has 0 rings (SSSR count). The molecule has 2 nitrogen and oxygen atoms in total. The first-order valence-electron chi connectivity index (χ1n) is 7.80. The second-order valence-corrected chi connectivity index (χ2v) is 5.83. The highest BCUT2D eigenvalue weighted by Gasteiger charge is 2.09. The monoisotopic (exact) mass is 256 g/mol. The minimum Gasteiger partial charge on any atom is -0.481 e. The maximum atomic E-state index is 10.6. The van der Waals surface area contributed by atoms with Gasteiger partial charge in [-0.2, -0.15) is 0 Å². The molecule has 0 aliphatic heterocycles. The summed E-state index contributed by atoms with van der Waals surface area (Å²) in [4.78, 5) is 10.6. The third-order valence-corrected chi connectivity index (χ3v) is 3.81. The SMILES string of the molecule is CCCCCC(C)CCCCCCC(C)C(=O)O. The molecule has 0 heterocycles. The highest BCUT2D eigenvalue weighted by molar-refractivity contribution is 5.69. The first kappa shape index (κ1) is 17.5. The molecule has 0 aliphatic rings. The van der Waals surface area contributed by atoms with E-state index in [4.69, 9.17) is 5.11 Å². The van der Waals surface area contributed by atoms with Gasteiger partial charge in [0.15, 0.2) is 0 Å². The van der Waals surface area contributed by atoms with Crippen molar-refractivity contribution in [1.82, 2.24) is 0 Å². The number of hydrogen-bond donors (Lipinski definition) is 1. The van der Waals surface area contributed by atoms with Crippen LogP contribution in [0.1, 0.15) is 85.0 Å². The van der Waals surface area contributed by atoms with Gasteiger partial charge in [-0.3, -0.25) is 4.79 Å². The molecule has 1 N–H and O–H groups in total. The van der Waals surface area contributed by atoms with Gasteiger partial charge in [-0.1, -0.05) is 78.6 Å². The molecule has 0 fully saturated rings. The van der Waals surface area contributed by atoms with Gasteiger partial charge in [0.2, 0.25) is 0 Å². The van der Waals surface area contributed by atoms with Gasteiger partial charge in [-0.15, -0.1) is 0 Å². The van der Waals surface area contributed by atoms with Crippen LogP contribution in [0.2, 0.25) is 0 Å². The number of hydrogen-bond acceptors (Lipinski definition) is 1. The van der Waals surface area contributed by atoms with Crippen LogP contribution in [0, 0.1) is 11.8 Å². The van der Waals surface area contributed by atoms with Crippen LogP contribution in [0.15, 0.2) is 0 Å². The zero-order valence-electron chi connectivity index (χ0n) is 12.6. The summed E-state index contributed by atoms with van der Waals surface area (Å²) in [5.41, 5.74) is 0. The van der Waals surface area contributed by atoms with Gasteiger partial charge in [0.25, 0.3) is 0 Å². The van der Waals surface area contributed by atoms with E-state index in [0.29, 0.717) is 0 Å². The molecule has 0 aromatic rings. The molecule has 0 amide bonds. The van der Waals surface area contributed by atoms with Gasteiger partial charge >= 0.3 is 5.97 Å². The fraction of sp³-hybridized carbons (Fsp3) is 0.938. The van der Waals surface area contributed by atoms with E-state index in [2.05, 4.69) is 13.8 Å². The molecule has 0 spiro atoms. The summed E-state index contributed by atoms with van der Waals surface area (Å²) in [6.45, 7) is 6.42. The first-order valence-corrected chi connectivity index (χ1v) is 7.80. The standard InChI is InChI=1S/C16H32O2/c1-4-5-8-11-14(2)12-9-6-7-10-13-15(3)16(17)18/h14-15H,4-13H2,1-3H3,(H,17,18). The zero-order chi connectivity index (χ0) is 13.8. The number of carbonyl (C=O) groups is 1. The maximum absolute atomic E-state index is 10.6. The number of unbranched alkanes of at least 4 members (excludes halogenated alkanes) is 5. The molecule has 0 saturated heterocycles. The Morgan fingerprint density at radius 1 is 0.889 bits per heavy atom. The normalized spacial score (nSPS) is 14.4. The molecule has 2 unspecified atom stereocenters. The molecular formula is C16H32O2. The van der Waals surface area contributed by atoms with Crippen molar-refractivity contribution in [2.24, 2.45) is 11.8 Å². The summed E-state index contributed by atoms with van der Waals surface area (Å²) < 4.78 is 0. The van der Waals surface area contributed by atoms with Crippen molar-refractivity contribution in [3.8, 4) is 0 Å². The Kier molecular flexibility index (Phi) is 11.2. The molecule has 2 atom stereocenters. The highest BCUT2D eigenvalue weighted by Crippen LogP contribution is 2.18. The van der Waals surface area contributed by atoms with Crippen LogP contribution in [0.25, 0.3) is 0 Å². The Labute approximate surface area is 113 Å². The van der Waals surface area contributed by atoms with Crippen molar-refractivity contribution in [3.63, 3.8) is 0 Å². The van der Waals surface area contributed by atoms with E-state index in [9.17, 15) is 4.79 Å². The topological polar surface area (TPSA) is 37.3 Å². The van der Waals surface area contributed by atoms with Gasteiger partial charge in [0, 0.05) is 0 Å². The summed E-state index contributed by atoms with van der Waals surface area (Å²) in [7, 11) is 0. The Morgan fingerprint density at radius 3 is 1.89 bits per heavy atom. The minimum atomic E-state index is -0.653. The fourth-order valence-electron chi connectivity index (χ4n) is 2.31. The molecular weight excluding hydrogens is 224 g/mol. The van der Waals surface area contributed by atoms with Crippen molar-refractivity contribution in [2.75, 3.05) is 0 Å². The number of carboxylic acid groups (broad SMARTS) is 1. The van der Waals surface area contributed by atoms with Crippen molar-refractivity contribution >= 4 is 5.97 Å². The lowest BCUT2D eigenvalue weighted by Gasteiger charge is -2.11. The lowest BCUT2D eigenvalue weighted by Crippen LogP contribution is -2.08. The molecule has 0 radical (unpaired) electrons. The van der Waals surface area contributed by atoms with Crippen molar-refractivity contribution in [3.05, 3.63) is 0 Å². The Balaban J connectivity index is 3.27. The molecule has 0 aliphatic carbocycles. The number of carboxylic acids is 1. The predicted molar refractivity (Wildman–Crippen MR) is 77.8 cm³/mol. The predicted octanol–water partition coefficient (Wildman–Crippen LogP) is 5.26. The summed E-state index contributed by atoms with van der Waals surface area (Å²) in [5, 5.41) is 8.76. The molecule has 0 aromatic heterocycles. The van der Waals surface area contributed by atoms with Crippen LogP contribution in [-0.4, -0.2) is 11.1 Å². The van der Waals surface area contributed by atoms with E-state index in [1.54, 1.807) is 6.92 Å². The van der Waals surface area contributed by atoms with Gasteiger partial charge in [0.1, 0.15) is 0 Å². The Morgan fingerprint density at radius 2 is 1.39 bits per heavy atom. The molecule has 0 aromatic carbocycles. The fourth-order valence-corrected chi connectivity index (χ4v) is 2.31. The maximum Gasteiger partial charge on any atom is 0.306 e. The minimum absolute atomic E-state index is 0.169. The van der Waals surface area contributed by atoms with E-state index in [1.165, 1.54) is 51.4 Å². The largest absolute Gasteiger partial charge is 0.481 e. The second kappa shape index (κ2) is 11.6. The molecule has 2 heteroatoms. The van der Waals surface area contributed by atoms with E-state index in [0.717, 1.165) is 18.8 Å². The van der Waals surface area contributed by atoms with Crippen LogP contribution in [-0.2, 0) is 4.79 Å². The average molecular weight is 256 g/mol. The Bertz CT molecular complexity index is 201. The molecule has 0 saturated carbocycles. The number of aliphatic carboxylic acids is 1. The smallest absolute Gasteiger partial charge is 0.306 e. The van der Waals surface area contributed by atoms with Crippen molar-refractivity contribution in [2.45, 2.75) is 85.0 Å². The summed E-state index contributed by atoms with van der Waals surface area (Å²) >= 11 is 0. The molecule has 108 valence electrons. The summed E-state index contributed by atoms with van der Waals surface area (Å²) in [5.74, 6) is 0.0482. The third-order valence-electron chi connectivity index (χ3n) is 3.81.